The zero-order valence-corrected chi connectivity index (χ0v) is 11.2. The van der Waals surface area contributed by atoms with Crippen molar-refractivity contribution >= 4 is 18.2 Å². The molecule has 1 rings (SSSR count). The van der Waals surface area contributed by atoms with E-state index in [9.17, 15) is 4.57 Å². The summed E-state index contributed by atoms with van der Waals surface area (Å²) < 4.78 is 21.5. The average Bonchev–Trinajstić information content (AvgIpc) is 2.22. The van der Waals surface area contributed by atoms with Gasteiger partial charge in [0.15, 0.2) is 0 Å². The highest BCUT2D eigenvalue weighted by molar-refractivity contribution is 7.81. The average molecular weight is 255 g/mol. The summed E-state index contributed by atoms with van der Waals surface area (Å²) in [6.45, 7) is 1.98. The summed E-state index contributed by atoms with van der Waals surface area (Å²) in [5, 5.41) is 0. The van der Waals surface area contributed by atoms with E-state index < -0.39 is 6.95 Å². The smallest absolute Gasteiger partial charge is 0.296 e. The highest BCUT2D eigenvalue weighted by Gasteiger charge is 2.39. The van der Waals surface area contributed by atoms with Crippen LogP contribution in [0.1, 0.15) is 46.0 Å². The van der Waals surface area contributed by atoms with Crippen LogP contribution in [-0.2, 0) is 13.6 Å². The summed E-state index contributed by atoms with van der Waals surface area (Å²) in [5.74, 6) is 0. The van der Waals surface area contributed by atoms with E-state index >= 15 is 0 Å². The molecule has 5 heteroatoms. The van der Waals surface area contributed by atoms with Crippen molar-refractivity contribution in [2.75, 3.05) is 13.2 Å². The first kappa shape index (κ1) is 13.5. The first-order valence-electron chi connectivity index (χ1n) is 5.62. The lowest BCUT2D eigenvalue weighted by Crippen LogP contribution is -2.34. The molecule has 0 atom stereocenters. The summed E-state index contributed by atoms with van der Waals surface area (Å²) in [5.41, 5.74) is 0.0258. The minimum atomic E-state index is -3.25. The van der Waals surface area contributed by atoms with E-state index in [-0.39, 0.29) is 5.41 Å². The zero-order chi connectivity index (χ0) is 11.4. The summed E-state index contributed by atoms with van der Waals surface area (Å²) in [6.07, 6.45) is 5.64. The number of unbranched alkanes of at least 4 members (excludes halogenated alkanes) is 2. The molecule has 1 aliphatic heterocycles. The third kappa shape index (κ3) is 4.07. The topological polar surface area (TPSA) is 35.5 Å². The predicted octanol–water partition coefficient (Wildman–Crippen LogP) is 4.36. The second-order valence-electron chi connectivity index (χ2n) is 4.29. The second kappa shape index (κ2) is 5.67. The van der Waals surface area contributed by atoms with Gasteiger partial charge >= 0.3 is 6.95 Å². The van der Waals surface area contributed by atoms with E-state index in [1.54, 1.807) is 0 Å². The van der Waals surface area contributed by atoms with Crippen molar-refractivity contribution in [3.63, 3.8) is 0 Å². The van der Waals surface area contributed by atoms with Crippen LogP contribution < -0.4 is 0 Å². The Hall–Kier alpha value is 0.440. The van der Waals surface area contributed by atoms with Crippen molar-refractivity contribution in [2.24, 2.45) is 5.41 Å². The summed E-state index contributed by atoms with van der Waals surface area (Å²) in [7, 11) is 0. The predicted molar refractivity (Wildman–Crippen MR) is 62.2 cm³/mol. The lowest BCUT2D eigenvalue weighted by Gasteiger charge is -2.37. The molecule has 0 aromatic rings. The Morgan fingerprint density at radius 3 is 2.33 bits per heavy atom. The van der Waals surface area contributed by atoms with Crippen LogP contribution >= 0.6 is 18.2 Å². The Kier molecular flexibility index (Phi) is 5.11. The minimum absolute atomic E-state index is 0.0258. The van der Waals surface area contributed by atoms with Crippen LogP contribution in [0.15, 0.2) is 0 Å². The third-order valence-corrected chi connectivity index (χ3v) is 4.57. The van der Waals surface area contributed by atoms with E-state index in [2.05, 4.69) is 13.8 Å². The Morgan fingerprint density at radius 2 is 1.87 bits per heavy atom. The standard InChI is InChI=1S/C10H20ClO3P/c1-3-5-6-7-10(4-2)8-13-15(11,12)14-9-10/h3-9H2,1-2H3. The molecule has 3 nitrogen and oxygen atoms in total. The van der Waals surface area contributed by atoms with Crippen molar-refractivity contribution in [3.8, 4) is 0 Å². The fraction of sp³-hybridized carbons (Fsp3) is 1.00. The van der Waals surface area contributed by atoms with Gasteiger partial charge in [0.25, 0.3) is 0 Å². The van der Waals surface area contributed by atoms with Gasteiger partial charge in [0.1, 0.15) is 0 Å². The first-order valence-corrected chi connectivity index (χ1v) is 8.07. The molecule has 0 spiro atoms. The van der Waals surface area contributed by atoms with Crippen LogP contribution in [0.3, 0.4) is 0 Å². The largest absolute Gasteiger partial charge is 0.424 e. The summed E-state index contributed by atoms with van der Waals surface area (Å²) in [6, 6.07) is 0. The molecular weight excluding hydrogens is 235 g/mol. The number of hydrogen-bond acceptors (Lipinski definition) is 3. The Labute approximate surface area is 96.8 Å². The van der Waals surface area contributed by atoms with Crippen LogP contribution in [0.2, 0.25) is 0 Å². The molecule has 90 valence electrons. The Bertz CT molecular complexity index is 233. The van der Waals surface area contributed by atoms with Gasteiger partial charge in [-0.15, -0.1) is 0 Å². The van der Waals surface area contributed by atoms with Crippen LogP contribution in [0.5, 0.6) is 0 Å². The molecule has 0 aromatic heterocycles. The van der Waals surface area contributed by atoms with Gasteiger partial charge in [0.2, 0.25) is 0 Å². The van der Waals surface area contributed by atoms with Gasteiger partial charge in [-0.1, -0.05) is 33.1 Å². The maximum Gasteiger partial charge on any atom is 0.424 e. The molecule has 1 fully saturated rings. The molecule has 1 aliphatic rings. The molecule has 1 saturated heterocycles. The van der Waals surface area contributed by atoms with Crippen molar-refractivity contribution < 1.29 is 13.6 Å². The molecule has 0 saturated carbocycles. The maximum absolute atomic E-state index is 11.3. The fourth-order valence-electron chi connectivity index (χ4n) is 1.78. The van der Waals surface area contributed by atoms with E-state index in [0.29, 0.717) is 13.2 Å². The number of hydrogen-bond donors (Lipinski definition) is 0. The molecule has 0 amide bonds. The molecule has 0 radical (unpaired) electrons. The van der Waals surface area contributed by atoms with Gasteiger partial charge in [-0.25, -0.2) is 4.57 Å². The van der Waals surface area contributed by atoms with Crippen LogP contribution in [-0.4, -0.2) is 13.2 Å². The van der Waals surface area contributed by atoms with Crippen molar-refractivity contribution in [2.45, 2.75) is 46.0 Å². The van der Waals surface area contributed by atoms with Gasteiger partial charge in [0, 0.05) is 16.7 Å². The first-order chi connectivity index (χ1) is 7.04. The Morgan fingerprint density at radius 1 is 1.27 bits per heavy atom. The van der Waals surface area contributed by atoms with Crippen molar-refractivity contribution in [3.05, 3.63) is 0 Å². The number of rotatable bonds is 5. The van der Waals surface area contributed by atoms with Gasteiger partial charge in [-0.3, -0.25) is 9.05 Å². The fourth-order valence-corrected chi connectivity index (χ4v) is 3.01. The molecule has 0 unspecified atom stereocenters. The molecule has 0 aliphatic carbocycles. The molecule has 1 heterocycles. The van der Waals surface area contributed by atoms with Crippen LogP contribution in [0, 0.1) is 5.41 Å². The lowest BCUT2D eigenvalue weighted by molar-refractivity contribution is 0.0131. The van der Waals surface area contributed by atoms with E-state index in [0.717, 1.165) is 12.8 Å². The highest BCUT2D eigenvalue weighted by Crippen LogP contribution is 2.59. The molecule has 0 N–H and O–H groups in total. The van der Waals surface area contributed by atoms with Crippen LogP contribution in [0.4, 0.5) is 0 Å². The zero-order valence-electron chi connectivity index (χ0n) is 9.50. The van der Waals surface area contributed by atoms with Crippen molar-refractivity contribution in [1.29, 1.82) is 0 Å². The Balaban J connectivity index is 2.45. The molecular formula is C10H20ClO3P. The molecule has 0 bridgehead atoms. The molecule has 0 aromatic carbocycles. The second-order valence-corrected chi connectivity index (χ2v) is 6.91. The van der Waals surface area contributed by atoms with Gasteiger partial charge in [-0.2, -0.15) is 0 Å². The maximum atomic E-state index is 11.3. The number of halogens is 1. The van der Waals surface area contributed by atoms with Crippen molar-refractivity contribution in [1.82, 2.24) is 0 Å². The normalized spacial score (nSPS) is 36.7. The lowest BCUT2D eigenvalue weighted by atomic mass is 9.82. The molecule has 15 heavy (non-hydrogen) atoms. The van der Waals surface area contributed by atoms with Gasteiger partial charge in [0.05, 0.1) is 13.2 Å². The van der Waals surface area contributed by atoms with Gasteiger partial charge < -0.3 is 0 Å². The minimum Gasteiger partial charge on any atom is -0.296 e. The van der Waals surface area contributed by atoms with E-state index in [4.69, 9.17) is 20.3 Å². The summed E-state index contributed by atoms with van der Waals surface area (Å²) in [4.78, 5) is 0. The van der Waals surface area contributed by atoms with E-state index in [1.807, 2.05) is 0 Å². The van der Waals surface area contributed by atoms with E-state index in [1.165, 1.54) is 19.3 Å². The van der Waals surface area contributed by atoms with Gasteiger partial charge in [-0.05, 0) is 12.8 Å². The SMILES string of the molecule is CCCCCC1(CC)COP(=O)(Cl)OC1. The van der Waals surface area contributed by atoms with Crippen LogP contribution in [0.25, 0.3) is 0 Å². The third-order valence-electron chi connectivity index (χ3n) is 3.11. The monoisotopic (exact) mass is 254 g/mol. The summed E-state index contributed by atoms with van der Waals surface area (Å²) >= 11 is 5.53. The highest BCUT2D eigenvalue weighted by atomic mass is 35.7. The quantitative estimate of drug-likeness (QED) is 0.540.